The summed E-state index contributed by atoms with van der Waals surface area (Å²) in [6.07, 6.45) is 0.703. The lowest BCUT2D eigenvalue weighted by molar-refractivity contribution is 0.0499. The first kappa shape index (κ1) is 12.3. The Morgan fingerprint density at radius 1 is 1.53 bits per heavy atom. The number of hydrogen-bond acceptors (Lipinski definition) is 3. The molecule has 1 unspecified atom stereocenters. The summed E-state index contributed by atoms with van der Waals surface area (Å²) in [5.41, 5.74) is -0.415. The van der Waals surface area contributed by atoms with Gasteiger partial charge in [-0.2, -0.15) is 0 Å². The molecular weight excluding hydrogens is 192 g/mol. The number of ether oxygens (including phenoxy) is 1. The molecule has 4 nitrogen and oxygen atoms in total. The fraction of sp³-hybridized carbons (Fsp3) is 0.909. The Labute approximate surface area is 91.8 Å². The van der Waals surface area contributed by atoms with E-state index in [1.54, 1.807) is 0 Å². The summed E-state index contributed by atoms with van der Waals surface area (Å²) in [6.45, 7) is 9.76. The first-order chi connectivity index (χ1) is 6.87. The highest BCUT2D eigenvalue weighted by molar-refractivity contribution is 5.68. The van der Waals surface area contributed by atoms with E-state index in [-0.39, 0.29) is 12.1 Å². The molecule has 15 heavy (non-hydrogen) atoms. The van der Waals surface area contributed by atoms with Gasteiger partial charge >= 0.3 is 6.09 Å². The number of amides is 1. The SMILES string of the molecule is CC(CC1CNC1)NC(=O)OC(C)(C)C. The van der Waals surface area contributed by atoms with Gasteiger partial charge in [-0.3, -0.25) is 0 Å². The Hall–Kier alpha value is -0.770. The van der Waals surface area contributed by atoms with Crippen molar-refractivity contribution < 1.29 is 9.53 Å². The van der Waals surface area contributed by atoms with Crippen molar-refractivity contribution in [2.45, 2.75) is 45.8 Å². The molecule has 0 bridgehead atoms. The van der Waals surface area contributed by atoms with Crippen LogP contribution in [0.25, 0.3) is 0 Å². The van der Waals surface area contributed by atoms with E-state index in [1.165, 1.54) is 0 Å². The highest BCUT2D eigenvalue weighted by atomic mass is 16.6. The van der Waals surface area contributed by atoms with Crippen molar-refractivity contribution in [2.24, 2.45) is 5.92 Å². The molecule has 0 aliphatic carbocycles. The number of nitrogens with one attached hydrogen (secondary N) is 2. The van der Waals surface area contributed by atoms with E-state index in [0.29, 0.717) is 5.92 Å². The third-order valence-corrected chi connectivity index (χ3v) is 2.32. The molecule has 1 aliphatic rings. The lowest BCUT2D eigenvalue weighted by Gasteiger charge is -2.30. The Balaban J connectivity index is 2.18. The maximum absolute atomic E-state index is 11.4. The highest BCUT2D eigenvalue weighted by Crippen LogP contribution is 2.12. The lowest BCUT2D eigenvalue weighted by atomic mass is 9.95. The van der Waals surface area contributed by atoms with Gasteiger partial charge < -0.3 is 15.4 Å². The minimum atomic E-state index is -0.415. The zero-order valence-corrected chi connectivity index (χ0v) is 10.1. The molecule has 1 rings (SSSR count). The van der Waals surface area contributed by atoms with Crippen LogP contribution >= 0.6 is 0 Å². The van der Waals surface area contributed by atoms with Crippen molar-refractivity contribution in [3.63, 3.8) is 0 Å². The number of rotatable bonds is 3. The van der Waals surface area contributed by atoms with Crippen LogP contribution in [-0.4, -0.2) is 30.8 Å². The van der Waals surface area contributed by atoms with Gasteiger partial charge in [0.15, 0.2) is 0 Å². The standard InChI is InChI=1S/C11H22N2O2/c1-8(5-9-6-12-7-9)13-10(14)15-11(2,3)4/h8-9,12H,5-7H2,1-4H3,(H,13,14). The summed E-state index contributed by atoms with van der Waals surface area (Å²) in [5, 5.41) is 6.06. The van der Waals surface area contributed by atoms with Gasteiger partial charge in [0.2, 0.25) is 0 Å². The third-order valence-electron chi connectivity index (χ3n) is 2.32. The first-order valence-electron chi connectivity index (χ1n) is 5.57. The molecule has 1 fully saturated rings. The van der Waals surface area contributed by atoms with Crippen molar-refractivity contribution in [1.29, 1.82) is 0 Å². The van der Waals surface area contributed by atoms with Gasteiger partial charge in [-0.15, -0.1) is 0 Å². The predicted octanol–water partition coefficient (Wildman–Crippen LogP) is 1.51. The van der Waals surface area contributed by atoms with Crippen molar-refractivity contribution in [3.05, 3.63) is 0 Å². The Morgan fingerprint density at radius 3 is 2.53 bits per heavy atom. The molecule has 2 N–H and O–H groups in total. The first-order valence-corrected chi connectivity index (χ1v) is 5.57. The van der Waals surface area contributed by atoms with E-state index in [4.69, 9.17) is 4.74 Å². The number of hydrogen-bond donors (Lipinski definition) is 2. The van der Waals surface area contributed by atoms with E-state index >= 15 is 0 Å². The van der Waals surface area contributed by atoms with Crippen molar-refractivity contribution in [3.8, 4) is 0 Å². The Kier molecular flexibility index (Phi) is 3.97. The molecule has 1 amide bonds. The monoisotopic (exact) mass is 214 g/mol. The molecule has 0 aromatic rings. The molecule has 4 heteroatoms. The summed E-state index contributed by atoms with van der Waals surface area (Å²) >= 11 is 0. The van der Waals surface area contributed by atoms with E-state index in [9.17, 15) is 4.79 Å². The summed E-state index contributed by atoms with van der Waals surface area (Å²) < 4.78 is 5.18. The fourth-order valence-electron chi connectivity index (χ4n) is 1.58. The highest BCUT2D eigenvalue weighted by Gasteiger charge is 2.22. The van der Waals surface area contributed by atoms with Gasteiger partial charge in [-0.05, 0) is 53.1 Å². The number of carbonyl (C=O) groups excluding carboxylic acids is 1. The lowest BCUT2D eigenvalue weighted by Crippen LogP contribution is -2.46. The second kappa shape index (κ2) is 4.84. The summed E-state index contributed by atoms with van der Waals surface area (Å²) in [6, 6.07) is 0.187. The second-order valence-corrected chi connectivity index (χ2v) is 5.31. The largest absolute Gasteiger partial charge is 0.444 e. The van der Waals surface area contributed by atoms with Gasteiger partial charge in [0.25, 0.3) is 0 Å². The molecule has 0 aromatic heterocycles. The van der Waals surface area contributed by atoms with Crippen LogP contribution in [-0.2, 0) is 4.74 Å². The van der Waals surface area contributed by atoms with Gasteiger partial charge in [-0.1, -0.05) is 0 Å². The molecule has 1 atom stereocenters. The van der Waals surface area contributed by atoms with Crippen LogP contribution in [0.4, 0.5) is 4.79 Å². The minimum Gasteiger partial charge on any atom is -0.444 e. The van der Waals surface area contributed by atoms with E-state index in [1.807, 2.05) is 27.7 Å². The van der Waals surface area contributed by atoms with Crippen LogP contribution in [0.3, 0.4) is 0 Å². The fourth-order valence-corrected chi connectivity index (χ4v) is 1.58. The normalized spacial score (nSPS) is 19.2. The molecule has 0 spiro atoms. The number of carbonyl (C=O) groups is 1. The van der Waals surface area contributed by atoms with Crippen LogP contribution in [0.2, 0.25) is 0 Å². The molecule has 1 aliphatic heterocycles. The Bertz CT molecular complexity index is 219. The maximum atomic E-state index is 11.4. The Morgan fingerprint density at radius 2 is 2.13 bits per heavy atom. The van der Waals surface area contributed by atoms with Crippen molar-refractivity contribution in [1.82, 2.24) is 10.6 Å². The van der Waals surface area contributed by atoms with Gasteiger partial charge in [-0.25, -0.2) is 4.79 Å². The second-order valence-electron chi connectivity index (χ2n) is 5.31. The molecular formula is C11H22N2O2. The van der Waals surface area contributed by atoms with Crippen LogP contribution in [0.15, 0.2) is 0 Å². The molecule has 0 saturated carbocycles. The summed E-state index contributed by atoms with van der Waals surface area (Å²) in [4.78, 5) is 11.4. The minimum absolute atomic E-state index is 0.187. The third kappa shape index (κ3) is 5.02. The average Bonchev–Trinajstić information content (AvgIpc) is 1.92. The van der Waals surface area contributed by atoms with E-state index in [0.717, 1.165) is 19.5 Å². The quantitative estimate of drug-likeness (QED) is 0.748. The van der Waals surface area contributed by atoms with E-state index < -0.39 is 5.60 Å². The van der Waals surface area contributed by atoms with Gasteiger partial charge in [0.05, 0.1) is 0 Å². The zero-order valence-electron chi connectivity index (χ0n) is 10.1. The molecule has 0 aromatic carbocycles. The zero-order chi connectivity index (χ0) is 11.5. The average molecular weight is 214 g/mol. The predicted molar refractivity (Wildman–Crippen MR) is 59.8 cm³/mol. The van der Waals surface area contributed by atoms with Crippen LogP contribution in [0, 0.1) is 5.92 Å². The van der Waals surface area contributed by atoms with Crippen LogP contribution < -0.4 is 10.6 Å². The molecule has 1 saturated heterocycles. The molecule has 1 heterocycles. The van der Waals surface area contributed by atoms with Gasteiger partial charge in [0.1, 0.15) is 5.60 Å². The maximum Gasteiger partial charge on any atom is 0.407 e. The molecule has 88 valence electrons. The van der Waals surface area contributed by atoms with Crippen molar-refractivity contribution >= 4 is 6.09 Å². The van der Waals surface area contributed by atoms with Crippen LogP contribution in [0.5, 0.6) is 0 Å². The number of alkyl carbamates (subject to hydrolysis) is 1. The van der Waals surface area contributed by atoms with E-state index in [2.05, 4.69) is 10.6 Å². The summed E-state index contributed by atoms with van der Waals surface area (Å²) in [7, 11) is 0. The topological polar surface area (TPSA) is 50.4 Å². The smallest absolute Gasteiger partial charge is 0.407 e. The van der Waals surface area contributed by atoms with Crippen molar-refractivity contribution in [2.75, 3.05) is 13.1 Å². The van der Waals surface area contributed by atoms with Crippen LogP contribution in [0.1, 0.15) is 34.1 Å². The summed E-state index contributed by atoms with van der Waals surface area (Å²) in [5.74, 6) is 0.704. The molecule has 0 radical (unpaired) electrons. The van der Waals surface area contributed by atoms with Gasteiger partial charge in [0, 0.05) is 6.04 Å².